The minimum Gasteiger partial charge on any atom is -0.478 e. The lowest BCUT2D eigenvalue weighted by Gasteiger charge is -1.89. The highest BCUT2D eigenvalue weighted by molar-refractivity contribution is 7.11. The van der Waals surface area contributed by atoms with Crippen LogP contribution in [0.5, 0.6) is 0 Å². The van der Waals surface area contributed by atoms with Crippen LogP contribution in [-0.4, -0.2) is 16.2 Å². The van der Waals surface area contributed by atoms with E-state index in [1.165, 1.54) is 11.3 Å². The molecule has 1 aromatic rings. The molecule has 0 spiro atoms. The molecule has 0 saturated heterocycles. The first-order valence-corrected chi connectivity index (χ1v) is 4.61. The number of carbonyl (C=O) groups is 1. The first-order chi connectivity index (χ1) is 6.13. The van der Waals surface area contributed by atoms with Crippen molar-refractivity contribution >= 4 is 23.4 Å². The van der Waals surface area contributed by atoms with Crippen LogP contribution in [0.4, 0.5) is 0 Å². The monoisotopic (exact) mass is 198 g/mol. The van der Waals surface area contributed by atoms with Gasteiger partial charge in [0.15, 0.2) is 0 Å². The van der Waals surface area contributed by atoms with Gasteiger partial charge in [-0.1, -0.05) is 0 Å². The summed E-state index contributed by atoms with van der Waals surface area (Å²) in [5.41, 5.74) is 1.11. The molecule has 1 aromatic heterocycles. The Morgan fingerprint density at radius 1 is 1.69 bits per heavy atom. The molecule has 0 fully saturated rings. The third-order valence-electron chi connectivity index (χ3n) is 1.55. The quantitative estimate of drug-likeness (QED) is 0.727. The predicted molar refractivity (Wildman–Crippen MR) is 51.5 cm³/mol. The van der Waals surface area contributed by atoms with Crippen molar-refractivity contribution in [2.24, 2.45) is 0 Å². The van der Waals surface area contributed by atoms with E-state index in [1.807, 2.05) is 0 Å². The molecule has 0 amide bonds. The maximum Gasteiger partial charge on any atom is 0.331 e. The van der Waals surface area contributed by atoms with Crippen LogP contribution in [0.1, 0.15) is 17.4 Å². The van der Waals surface area contributed by atoms with Gasteiger partial charge in [0.25, 0.3) is 0 Å². The summed E-state index contributed by atoms with van der Waals surface area (Å²) in [7, 11) is 0. The lowest BCUT2D eigenvalue weighted by Crippen LogP contribution is -1.94. The zero-order chi connectivity index (χ0) is 9.84. The minimum atomic E-state index is -0.918. The molecule has 0 bridgehead atoms. The SMILES string of the molecule is CC(=Cc1cc(CO)cs1)C(=O)O. The van der Waals surface area contributed by atoms with E-state index in [2.05, 4.69) is 0 Å². The first-order valence-electron chi connectivity index (χ1n) is 3.73. The molecule has 3 nitrogen and oxygen atoms in total. The van der Waals surface area contributed by atoms with Crippen molar-refractivity contribution in [1.29, 1.82) is 0 Å². The van der Waals surface area contributed by atoms with Gasteiger partial charge in [0.05, 0.1) is 6.61 Å². The Labute approximate surface area is 80.0 Å². The largest absolute Gasteiger partial charge is 0.478 e. The number of carboxylic acids is 1. The van der Waals surface area contributed by atoms with Gasteiger partial charge in [-0.05, 0) is 30.0 Å². The van der Waals surface area contributed by atoms with Gasteiger partial charge in [-0.3, -0.25) is 0 Å². The van der Waals surface area contributed by atoms with Crippen LogP contribution in [0.3, 0.4) is 0 Å². The van der Waals surface area contributed by atoms with Crippen LogP contribution < -0.4 is 0 Å². The summed E-state index contributed by atoms with van der Waals surface area (Å²) in [6.07, 6.45) is 1.59. The van der Waals surface area contributed by atoms with Crippen LogP contribution in [0, 0.1) is 0 Å². The van der Waals surface area contributed by atoms with E-state index in [0.29, 0.717) is 5.57 Å². The third-order valence-corrected chi connectivity index (χ3v) is 2.48. The summed E-state index contributed by atoms with van der Waals surface area (Å²) in [6.45, 7) is 1.54. The molecular weight excluding hydrogens is 188 g/mol. The summed E-state index contributed by atoms with van der Waals surface area (Å²) in [5, 5.41) is 19.2. The van der Waals surface area contributed by atoms with Crippen molar-refractivity contribution < 1.29 is 15.0 Å². The van der Waals surface area contributed by atoms with Crippen LogP contribution in [0.2, 0.25) is 0 Å². The van der Waals surface area contributed by atoms with E-state index < -0.39 is 5.97 Å². The van der Waals surface area contributed by atoms with Gasteiger partial charge in [-0.15, -0.1) is 11.3 Å². The van der Waals surface area contributed by atoms with Crippen molar-refractivity contribution in [2.75, 3.05) is 0 Å². The average molecular weight is 198 g/mol. The second-order valence-corrected chi connectivity index (χ2v) is 3.59. The van der Waals surface area contributed by atoms with E-state index in [1.54, 1.807) is 24.4 Å². The van der Waals surface area contributed by atoms with Gasteiger partial charge >= 0.3 is 5.97 Å². The summed E-state index contributed by atoms with van der Waals surface area (Å²) in [6, 6.07) is 1.77. The van der Waals surface area contributed by atoms with Gasteiger partial charge in [0, 0.05) is 10.5 Å². The molecule has 0 aliphatic rings. The molecule has 13 heavy (non-hydrogen) atoms. The average Bonchev–Trinajstić information content (AvgIpc) is 2.52. The van der Waals surface area contributed by atoms with Crippen LogP contribution in [0.25, 0.3) is 6.08 Å². The molecule has 0 aliphatic carbocycles. The highest BCUT2D eigenvalue weighted by Crippen LogP contribution is 2.17. The molecule has 1 heterocycles. The molecule has 0 saturated carbocycles. The number of rotatable bonds is 3. The minimum absolute atomic E-state index is 0.00351. The second kappa shape index (κ2) is 4.20. The molecule has 1 rings (SSSR count). The number of aliphatic hydroxyl groups is 1. The fourth-order valence-electron chi connectivity index (χ4n) is 0.828. The smallest absolute Gasteiger partial charge is 0.331 e. The lowest BCUT2D eigenvalue weighted by molar-refractivity contribution is -0.132. The Bertz CT molecular complexity index is 338. The van der Waals surface area contributed by atoms with Gasteiger partial charge < -0.3 is 10.2 Å². The number of hydrogen-bond donors (Lipinski definition) is 2. The number of carboxylic acid groups (broad SMARTS) is 1. The fraction of sp³-hybridized carbons (Fsp3) is 0.222. The van der Waals surface area contributed by atoms with Crippen LogP contribution in [-0.2, 0) is 11.4 Å². The summed E-state index contributed by atoms with van der Waals surface area (Å²) >= 11 is 1.42. The third kappa shape index (κ3) is 2.68. The van der Waals surface area contributed by atoms with Crippen molar-refractivity contribution in [3.63, 3.8) is 0 Å². The molecule has 4 heteroatoms. The lowest BCUT2D eigenvalue weighted by atomic mass is 10.2. The van der Waals surface area contributed by atoms with Gasteiger partial charge in [-0.2, -0.15) is 0 Å². The summed E-state index contributed by atoms with van der Waals surface area (Å²) in [5.74, 6) is -0.918. The number of aliphatic carboxylic acids is 1. The molecule has 0 radical (unpaired) electrons. The molecule has 0 aromatic carbocycles. The molecular formula is C9H10O3S. The van der Waals surface area contributed by atoms with Gasteiger partial charge in [-0.25, -0.2) is 4.79 Å². The molecule has 0 atom stereocenters. The first kappa shape index (κ1) is 9.95. The van der Waals surface area contributed by atoms with Crippen molar-refractivity contribution in [2.45, 2.75) is 13.5 Å². The highest BCUT2D eigenvalue weighted by Gasteiger charge is 2.01. The molecule has 0 unspecified atom stereocenters. The Hall–Kier alpha value is -1.13. The van der Waals surface area contributed by atoms with Crippen LogP contribution >= 0.6 is 11.3 Å². The maximum absolute atomic E-state index is 10.5. The summed E-state index contributed by atoms with van der Waals surface area (Å²) < 4.78 is 0. The van der Waals surface area contributed by atoms with Crippen molar-refractivity contribution in [1.82, 2.24) is 0 Å². The van der Waals surface area contributed by atoms with Crippen molar-refractivity contribution in [3.05, 3.63) is 27.5 Å². The normalized spacial score (nSPS) is 11.7. The zero-order valence-corrected chi connectivity index (χ0v) is 7.97. The topological polar surface area (TPSA) is 57.5 Å². The van der Waals surface area contributed by atoms with E-state index in [4.69, 9.17) is 10.2 Å². The number of aliphatic hydroxyl groups excluding tert-OH is 1. The molecule has 0 aliphatic heterocycles. The van der Waals surface area contributed by atoms with E-state index in [9.17, 15) is 4.79 Å². The summed E-state index contributed by atoms with van der Waals surface area (Å²) in [4.78, 5) is 11.3. The predicted octanol–water partition coefficient (Wildman–Crippen LogP) is 1.73. The van der Waals surface area contributed by atoms with E-state index >= 15 is 0 Å². The zero-order valence-electron chi connectivity index (χ0n) is 7.15. The molecule has 70 valence electrons. The Morgan fingerprint density at radius 2 is 2.38 bits per heavy atom. The number of hydrogen-bond acceptors (Lipinski definition) is 3. The van der Waals surface area contributed by atoms with Crippen LogP contribution in [0.15, 0.2) is 17.0 Å². The standard InChI is InChI=1S/C9H10O3S/c1-6(9(11)12)2-8-3-7(4-10)5-13-8/h2-3,5,10H,4H2,1H3,(H,11,12). The highest BCUT2D eigenvalue weighted by atomic mass is 32.1. The Balaban J connectivity index is 2.84. The van der Waals surface area contributed by atoms with Gasteiger partial charge in [0.1, 0.15) is 0 Å². The van der Waals surface area contributed by atoms with Gasteiger partial charge in [0.2, 0.25) is 0 Å². The maximum atomic E-state index is 10.5. The van der Waals surface area contributed by atoms with E-state index in [-0.39, 0.29) is 6.61 Å². The molecule has 2 N–H and O–H groups in total. The number of thiophene rings is 1. The Kier molecular flexibility index (Phi) is 3.22. The van der Waals surface area contributed by atoms with E-state index in [0.717, 1.165) is 10.4 Å². The Morgan fingerprint density at radius 3 is 2.85 bits per heavy atom. The second-order valence-electron chi connectivity index (χ2n) is 2.65. The van der Waals surface area contributed by atoms with Crippen molar-refractivity contribution in [3.8, 4) is 0 Å². The fourth-order valence-corrected chi connectivity index (χ4v) is 1.72.